The summed E-state index contributed by atoms with van der Waals surface area (Å²) in [5.41, 5.74) is 3.03. The normalized spacial score (nSPS) is 13.1. The van der Waals surface area contributed by atoms with Crippen molar-refractivity contribution < 1.29 is 23.5 Å². The number of rotatable bonds is 6. The van der Waals surface area contributed by atoms with Gasteiger partial charge in [0.15, 0.2) is 6.61 Å². The van der Waals surface area contributed by atoms with Crippen molar-refractivity contribution in [1.29, 1.82) is 0 Å². The van der Waals surface area contributed by atoms with Crippen LogP contribution in [0.15, 0.2) is 78.9 Å². The van der Waals surface area contributed by atoms with Crippen molar-refractivity contribution in [3.8, 4) is 11.3 Å². The first-order chi connectivity index (χ1) is 17.5. The number of para-hydroxylation sites is 3. The van der Waals surface area contributed by atoms with Gasteiger partial charge in [-0.2, -0.15) is 0 Å². The highest BCUT2D eigenvalue weighted by Crippen LogP contribution is 2.29. The summed E-state index contributed by atoms with van der Waals surface area (Å²) in [4.78, 5) is 44.1. The average molecular weight is 483 g/mol. The lowest BCUT2D eigenvalue weighted by molar-refractivity contribution is -0.119. The van der Waals surface area contributed by atoms with Gasteiger partial charge in [-0.05, 0) is 55.0 Å². The Morgan fingerprint density at radius 1 is 1.00 bits per heavy atom. The van der Waals surface area contributed by atoms with Crippen LogP contribution in [0.25, 0.3) is 22.2 Å². The van der Waals surface area contributed by atoms with E-state index < -0.39 is 18.5 Å². The highest BCUT2D eigenvalue weighted by atomic mass is 19.1. The molecule has 0 spiro atoms. The third-order valence-electron chi connectivity index (χ3n) is 5.95. The van der Waals surface area contributed by atoms with Gasteiger partial charge in [0.2, 0.25) is 5.91 Å². The number of fused-ring (bicyclic) bond motifs is 1. The Bertz CT molecular complexity index is 1470. The molecular formula is C28H22FN3O4. The Balaban J connectivity index is 1.34. The summed E-state index contributed by atoms with van der Waals surface area (Å²) in [6.07, 6.45) is 1.23. The molecule has 2 heterocycles. The number of pyridine rings is 1. The topological polar surface area (TPSA) is 88.6 Å². The number of amides is 2. The molecule has 1 fully saturated rings. The highest BCUT2D eigenvalue weighted by molar-refractivity contribution is 6.06. The number of benzene rings is 3. The van der Waals surface area contributed by atoms with Gasteiger partial charge >= 0.3 is 5.97 Å². The Morgan fingerprint density at radius 2 is 1.75 bits per heavy atom. The summed E-state index contributed by atoms with van der Waals surface area (Å²) in [5, 5.41) is 3.31. The van der Waals surface area contributed by atoms with Crippen LogP contribution < -0.4 is 10.2 Å². The largest absolute Gasteiger partial charge is 0.452 e. The summed E-state index contributed by atoms with van der Waals surface area (Å²) in [5.74, 6) is -1.58. The van der Waals surface area contributed by atoms with Gasteiger partial charge in [-0.15, -0.1) is 0 Å². The lowest BCUT2D eigenvalue weighted by Crippen LogP contribution is -2.27. The van der Waals surface area contributed by atoms with E-state index in [4.69, 9.17) is 4.74 Å². The van der Waals surface area contributed by atoms with Gasteiger partial charge < -0.3 is 15.0 Å². The summed E-state index contributed by atoms with van der Waals surface area (Å²) >= 11 is 0. The van der Waals surface area contributed by atoms with E-state index in [0.29, 0.717) is 46.5 Å². The first-order valence-corrected chi connectivity index (χ1v) is 11.5. The van der Waals surface area contributed by atoms with Crippen LogP contribution in [0.5, 0.6) is 0 Å². The minimum Gasteiger partial charge on any atom is -0.452 e. The molecule has 0 atom stereocenters. The molecule has 36 heavy (non-hydrogen) atoms. The monoisotopic (exact) mass is 483 g/mol. The molecule has 0 radical (unpaired) electrons. The Kier molecular flexibility index (Phi) is 6.40. The van der Waals surface area contributed by atoms with Gasteiger partial charge in [-0.25, -0.2) is 14.2 Å². The first-order valence-electron chi connectivity index (χ1n) is 11.5. The van der Waals surface area contributed by atoms with E-state index in [1.54, 1.807) is 71.6 Å². The van der Waals surface area contributed by atoms with Crippen molar-refractivity contribution in [2.45, 2.75) is 12.8 Å². The number of nitrogens with zero attached hydrogens (tertiary/aromatic N) is 2. The predicted molar refractivity (Wildman–Crippen MR) is 134 cm³/mol. The van der Waals surface area contributed by atoms with Gasteiger partial charge in [0, 0.05) is 23.9 Å². The molecule has 5 rings (SSSR count). The zero-order valence-corrected chi connectivity index (χ0v) is 19.2. The lowest BCUT2D eigenvalue weighted by Gasteiger charge is -2.20. The van der Waals surface area contributed by atoms with E-state index in [9.17, 15) is 18.8 Å². The molecule has 0 aliphatic carbocycles. The number of anilines is 2. The summed E-state index contributed by atoms with van der Waals surface area (Å²) in [6.45, 7) is 0.0792. The number of carbonyl (C=O) groups is 3. The van der Waals surface area contributed by atoms with Gasteiger partial charge in [0.05, 0.1) is 28.1 Å². The summed E-state index contributed by atoms with van der Waals surface area (Å²) in [7, 11) is 0. The van der Waals surface area contributed by atoms with Crippen LogP contribution in [0.4, 0.5) is 15.8 Å². The molecule has 0 saturated carbocycles. The first kappa shape index (κ1) is 23.2. The van der Waals surface area contributed by atoms with E-state index in [1.165, 1.54) is 12.1 Å². The number of hydrogen-bond donors (Lipinski definition) is 1. The molecule has 2 amide bonds. The molecule has 1 aliphatic heterocycles. The minimum atomic E-state index is -0.685. The third kappa shape index (κ3) is 4.79. The number of aromatic nitrogens is 1. The zero-order chi connectivity index (χ0) is 25.1. The van der Waals surface area contributed by atoms with Crippen LogP contribution in [0, 0.1) is 5.82 Å². The molecule has 7 nitrogen and oxygen atoms in total. The molecule has 180 valence electrons. The van der Waals surface area contributed by atoms with Gasteiger partial charge in [0.1, 0.15) is 5.82 Å². The van der Waals surface area contributed by atoms with Gasteiger partial charge in [-0.3, -0.25) is 9.59 Å². The maximum atomic E-state index is 13.4. The second kappa shape index (κ2) is 9.95. The van der Waals surface area contributed by atoms with Crippen LogP contribution in [0.1, 0.15) is 23.2 Å². The molecule has 1 N–H and O–H groups in total. The van der Waals surface area contributed by atoms with E-state index in [0.717, 1.165) is 6.42 Å². The van der Waals surface area contributed by atoms with Crippen molar-refractivity contribution in [2.24, 2.45) is 0 Å². The van der Waals surface area contributed by atoms with E-state index in [1.807, 2.05) is 0 Å². The van der Waals surface area contributed by atoms with Crippen LogP contribution in [0.3, 0.4) is 0 Å². The lowest BCUT2D eigenvalue weighted by atomic mass is 10.0. The molecular weight excluding hydrogens is 461 g/mol. The quantitative estimate of drug-likeness (QED) is 0.392. The van der Waals surface area contributed by atoms with Crippen molar-refractivity contribution in [3.63, 3.8) is 0 Å². The van der Waals surface area contributed by atoms with E-state index in [2.05, 4.69) is 10.3 Å². The van der Waals surface area contributed by atoms with Gasteiger partial charge in [0.25, 0.3) is 5.91 Å². The number of esters is 1. The minimum absolute atomic E-state index is 0.00431. The third-order valence-corrected chi connectivity index (χ3v) is 5.95. The Morgan fingerprint density at radius 3 is 2.53 bits per heavy atom. The number of carbonyl (C=O) groups excluding carboxylic acids is 3. The van der Waals surface area contributed by atoms with E-state index >= 15 is 0 Å². The zero-order valence-electron chi connectivity index (χ0n) is 19.2. The summed E-state index contributed by atoms with van der Waals surface area (Å²) in [6, 6.07) is 21.5. The second-order valence-electron chi connectivity index (χ2n) is 8.37. The molecule has 1 aromatic heterocycles. The fourth-order valence-electron chi connectivity index (χ4n) is 4.23. The number of hydrogen-bond acceptors (Lipinski definition) is 5. The van der Waals surface area contributed by atoms with Gasteiger partial charge in [-0.1, -0.05) is 30.3 Å². The average Bonchev–Trinajstić information content (AvgIpc) is 3.33. The predicted octanol–water partition coefficient (Wildman–Crippen LogP) is 4.96. The SMILES string of the molecule is O=C(COC(=O)c1cc(-c2ccc(F)cc2)nc2ccccc12)Nc1ccccc1N1CCCC1=O. The van der Waals surface area contributed by atoms with Crippen LogP contribution in [0.2, 0.25) is 0 Å². The molecule has 0 bridgehead atoms. The maximum Gasteiger partial charge on any atom is 0.339 e. The smallest absolute Gasteiger partial charge is 0.339 e. The fraction of sp³-hybridized carbons (Fsp3) is 0.143. The van der Waals surface area contributed by atoms with Crippen molar-refractivity contribution >= 4 is 40.1 Å². The van der Waals surface area contributed by atoms with Crippen molar-refractivity contribution in [3.05, 3.63) is 90.2 Å². The molecule has 8 heteroatoms. The maximum absolute atomic E-state index is 13.4. The summed E-state index contributed by atoms with van der Waals surface area (Å²) < 4.78 is 18.7. The number of ether oxygens (including phenoxy) is 1. The van der Waals surface area contributed by atoms with Crippen molar-refractivity contribution in [1.82, 2.24) is 4.98 Å². The van der Waals surface area contributed by atoms with E-state index in [-0.39, 0.29) is 17.3 Å². The molecule has 0 unspecified atom stereocenters. The Hall–Kier alpha value is -4.59. The Labute approximate surface area is 206 Å². The molecule has 1 saturated heterocycles. The number of halogens is 1. The highest BCUT2D eigenvalue weighted by Gasteiger charge is 2.24. The van der Waals surface area contributed by atoms with Crippen molar-refractivity contribution in [2.75, 3.05) is 23.4 Å². The van der Waals surface area contributed by atoms with Crippen LogP contribution >= 0.6 is 0 Å². The van der Waals surface area contributed by atoms with Crippen LogP contribution in [-0.4, -0.2) is 35.9 Å². The number of nitrogens with one attached hydrogen (secondary N) is 1. The molecule has 1 aliphatic rings. The second-order valence-corrected chi connectivity index (χ2v) is 8.37. The fourth-order valence-corrected chi connectivity index (χ4v) is 4.23. The standard InChI is InChI=1S/C28H22FN3O4/c29-19-13-11-18(12-14-19)24-16-21(20-6-1-2-7-22(20)30-24)28(35)36-17-26(33)31-23-8-3-4-9-25(23)32-15-5-10-27(32)34/h1-4,6-9,11-14,16H,5,10,15,17H2,(H,31,33). The molecule has 3 aromatic carbocycles. The molecule has 4 aromatic rings. The van der Waals surface area contributed by atoms with Crippen LogP contribution in [-0.2, 0) is 14.3 Å².